The first-order chi connectivity index (χ1) is 10.9. The number of nitrogens with zero attached hydrogens (tertiary/aromatic N) is 1. The molecule has 1 saturated carbocycles. The molecular formula is C15H19N5O3. The van der Waals surface area contributed by atoms with E-state index >= 15 is 0 Å². The summed E-state index contributed by atoms with van der Waals surface area (Å²) < 4.78 is 0. The van der Waals surface area contributed by atoms with Gasteiger partial charge in [-0.1, -0.05) is 12.8 Å². The standard InChI is InChI=1S/C15H19N5O3/c1-8-6-9(12(21)20-15(7-16)4-2-3-5-15)17-11-10(8)13(22)19-14(23)18-11/h6H,2-5,7,16H2,1H3,(H,20,21)(H2,17,18,19,22,23). The molecule has 2 aromatic heterocycles. The van der Waals surface area contributed by atoms with E-state index in [0.717, 1.165) is 25.7 Å². The molecule has 0 radical (unpaired) electrons. The maximum absolute atomic E-state index is 12.5. The van der Waals surface area contributed by atoms with Crippen LogP contribution in [0, 0.1) is 6.92 Å². The zero-order chi connectivity index (χ0) is 16.6. The Labute approximate surface area is 131 Å². The van der Waals surface area contributed by atoms with Crippen molar-refractivity contribution >= 4 is 16.9 Å². The fourth-order valence-electron chi connectivity index (χ4n) is 3.21. The molecule has 122 valence electrons. The lowest BCUT2D eigenvalue weighted by Crippen LogP contribution is -2.51. The van der Waals surface area contributed by atoms with Crippen molar-refractivity contribution in [2.24, 2.45) is 5.73 Å². The molecule has 0 saturated heterocycles. The number of pyridine rings is 1. The van der Waals surface area contributed by atoms with E-state index in [1.54, 1.807) is 13.0 Å². The number of rotatable bonds is 3. The Kier molecular flexibility index (Phi) is 3.77. The van der Waals surface area contributed by atoms with Crippen LogP contribution in [0.2, 0.25) is 0 Å². The van der Waals surface area contributed by atoms with Crippen molar-refractivity contribution in [3.05, 3.63) is 38.2 Å². The molecule has 5 N–H and O–H groups in total. The maximum atomic E-state index is 12.5. The van der Waals surface area contributed by atoms with E-state index in [2.05, 4.69) is 20.3 Å². The third-order valence-corrected chi connectivity index (χ3v) is 4.47. The average molecular weight is 317 g/mol. The molecule has 2 heterocycles. The molecule has 0 aliphatic heterocycles. The van der Waals surface area contributed by atoms with Gasteiger partial charge in [0.15, 0.2) is 0 Å². The third-order valence-electron chi connectivity index (χ3n) is 4.47. The second kappa shape index (κ2) is 5.62. The van der Waals surface area contributed by atoms with Gasteiger partial charge >= 0.3 is 5.69 Å². The first-order valence-electron chi connectivity index (χ1n) is 7.61. The minimum atomic E-state index is -0.652. The van der Waals surface area contributed by atoms with Gasteiger partial charge in [0, 0.05) is 6.54 Å². The Morgan fingerprint density at radius 3 is 2.70 bits per heavy atom. The van der Waals surface area contributed by atoms with Crippen LogP contribution < -0.4 is 22.3 Å². The van der Waals surface area contributed by atoms with Gasteiger partial charge in [-0.25, -0.2) is 9.78 Å². The number of aryl methyl sites for hydroxylation is 1. The number of hydrogen-bond acceptors (Lipinski definition) is 5. The van der Waals surface area contributed by atoms with E-state index in [0.29, 0.717) is 12.1 Å². The number of fused-ring (bicyclic) bond motifs is 1. The van der Waals surface area contributed by atoms with Crippen LogP contribution >= 0.6 is 0 Å². The summed E-state index contributed by atoms with van der Waals surface area (Å²) in [4.78, 5) is 44.5. The highest BCUT2D eigenvalue weighted by Crippen LogP contribution is 2.29. The summed E-state index contributed by atoms with van der Waals surface area (Å²) in [5, 5.41) is 3.25. The number of H-pyrrole nitrogens is 2. The summed E-state index contributed by atoms with van der Waals surface area (Å²) in [5.41, 5.74) is 5.12. The van der Waals surface area contributed by atoms with Crippen LogP contribution in [-0.4, -0.2) is 32.9 Å². The van der Waals surface area contributed by atoms with Gasteiger partial charge in [-0.3, -0.25) is 19.6 Å². The van der Waals surface area contributed by atoms with Crippen molar-refractivity contribution < 1.29 is 4.79 Å². The van der Waals surface area contributed by atoms with E-state index in [-0.39, 0.29) is 28.2 Å². The van der Waals surface area contributed by atoms with Gasteiger partial charge in [0.25, 0.3) is 11.5 Å². The van der Waals surface area contributed by atoms with Crippen molar-refractivity contribution in [1.82, 2.24) is 20.3 Å². The number of aromatic nitrogens is 3. The van der Waals surface area contributed by atoms with Crippen LogP contribution in [0.25, 0.3) is 11.0 Å². The van der Waals surface area contributed by atoms with Gasteiger partial charge in [0.1, 0.15) is 11.3 Å². The summed E-state index contributed by atoms with van der Waals surface area (Å²) in [7, 11) is 0. The van der Waals surface area contributed by atoms with Crippen LogP contribution in [0.15, 0.2) is 15.7 Å². The predicted octanol–water partition coefficient (Wildman–Crippen LogP) is -0.0789. The van der Waals surface area contributed by atoms with Crippen molar-refractivity contribution in [3.8, 4) is 0 Å². The molecule has 8 nitrogen and oxygen atoms in total. The molecule has 2 aromatic rings. The Bertz CT molecular complexity index is 877. The molecule has 1 amide bonds. The Balaban J connectivity index is 2.01. The van der Waals surface area contributed by atoms with Gasteiger partial charge < -0.3 is 11.1 Å². The molecule has 0 atom stereocenters. The van der Waals surface area contributed by atoms with Crippen LogP contribution in [0.3, 0.4) is 0 Å². The predicted molar refractivity (Wildman–Crippen MR) is 85.4 cm³/mol. The van der Waals surface area contributed by atoms with E-state index in [1.807, 2.05) is 0 Å². The number of aromatic amines is 2. The summed E-state index contributed by atoms with van der Waals surface area (Å²) in [5.74, 6) is -0.344. The maximum Gasteiger partial charge on any atom is 0.327 e. The van der Waals surface area contributed by atoms with Crippen LogP contribution in [0.1, 0.15) is 41.7 Å². The van der Waals surface area contributed by atoms with E-state index < -0.39 is 11.2 Å². The summed E-state index contributed by atoms with van der Waals surface area (Å²) >= 11 is 0. The van der Waals surface area contributed by atoms with Crippen LogP contribution in [0.5, 0.6) is 0 Å². The zero-order valence-electron chi connectivity index (χ0n) is 12.9. The monoisotopic (exact) mass is 317 g/mol. The first kappa shape index (κ1) is 15.4. The molecule has 23 heavy (non-hydrogen) atoms. The van der Waals surface area contributed by atoms with Crippen LogP contribution in [-0.2, 0) is 0 Å². The SMILES string of the molecule is Cc1cc(C(=O)NC2(CN)CCCC2)nc2[nH]c(=O)[nH]c(=O)c12. The Hall–Kier alpha value is -2.48. The molecular weight excluding hydrogens is 298 g/mol. The molecule has 0 aromatic carbocycles. The molecule has 0 unspecified atom stereocenters. The number of nitrogens with one attached hydrogen (secondary N) is 3. The van der Waals surface area contributed by atoms with Crippen molar-refractivity contribution in [3.63, 3.8) is 0 Å². The normalized spacial score (nSPS) is 16.6. The minimum absolute atomic E-state index is 0.108. The second-order valence-corrected chi connectivity index (χ2v) is 6.10. The molecule has 8 heteroatoms. The van der Waals surface area contributed by atoms with Gasteiger partial charge in [-0.05, 0) is 31.4 Å². The second-order valence-electron chi connectivity index (χ2n) is 6.10. The average Bonchev–Trinajstić information content (AvgIpc) is 2.95. The summed E-state index contributed by atoms with van der Waals surface area (Å²) in [6.45, 7) is 2.07. The smallest absolute Gasteiger partial charge is 0.327 e. The van der Waals surface area contributed by atoms with E-state index in [1.165, 1.54) is 0 Å². The summed E-state index contributed by atoms with van der Waals surface area (Å²) in [6.07, 6.45) is 3.76. The van der Waals surface area contributed by atoms with Gasteiger partial charge in [-0.15, -0.1) is 0 Å². The number of carbonyl (C=O) groups excluding carboxylic acids is 1. The largest absolute Gasteiger partial charge is 0.344 e. The van der Waals surface area contributed by atoms with Crippen molar-refractivity contribution in [2.75, 3.05) is 6.54 Å². The Morgan fingerprint density at radius 2 is 2.04 bits per heavy atom. The van der Waals surface area contributed by atoms with Gasteiger partial charge in [-0.2, -0.15) is 0 Å². The van der Waals surface area contributed by atoms with E-state index in [9.17, 15) is 14.4 Å². The van der Waals surface area contributed by atoms with Gasteiger partial charge in [0.2, 0.25) is 0 Å². The fraction of sp³-hybridized carbons (Fsp3) is 0.467. The van der Waals surface area contributed by atoms with Crippen molar-refractivity contribution in [1.29, 1.82) is 0 Å². The molecule has 0 bridgehead atoms. The number of nitrogens with two attached hydrogens (primary N) is 1. The molecule has 1 aliphatic carbocycles. The number of carbonyl (C=O) groups is 1. The molecule has 0 spiro atoms. The number of hydrogen-bond donors (Lipinski definition) is 4. The lowest BCUT2D eigenvalue weighted by atomic mass is 9.97. The lowest BCUT2D eigenvalue weighted by Gasteiger charge is -2.28. The quantitative estimate of drug-likeness (QED) is 0.628. The first-order valence-corrected chi connectivity index (χ1v) is 7.61. The van der Waals surface area contributed by atoms with Gasteiger partial charge in [0.05, 0.1) is 10.9 Å². The highest BCUT2D eigenvalue weighted by molar-refractivity contribution is 5.95. The zero-order valence-corrected chi connectivity index (χ0v) is 12.9. The summed E-state index contributed by atoms with van der Waals surface area (Å²) in [6, 6.07) is 1.55. The fourth-order valence-corrected chi connectivity index (χ4v) is 3.21. The molecule has 3 rings (SSSR count). The van der Waals surface area contributed by atoms with Crippen molar-refractivity contribution in [2.45, 2.75) is 38.1 Å². The minimum Gasteiger partial charge on any atom is -0.344 e. The highest BCUT2D eigenvalue weighted by Gasteiger charge is 2.34. The Morgan fingerprint density at radius 1 is 1.35 bits per heavy atom. The molecule has 1 fully saturated rings. The molecule has 1 aliphatic rings. The lowest BCUT2D eigenvalue weighted by molar-refractivity contribution is 0.0898. The van der Waals surface area contributed by atoms with Crippen LogP contribution in [0.4, 0.5) is 0 Å². The number of amides is 1. The highest BCUT2D eigenvalue weighted by atomic mass is 16.2. The third kappa shape index (κ3) is 2.77. The van der Waals surface area contributed by atoms with E-state index in [4.69, 9.17) is 5.73 Å². The topological polar surface area (TPSA) is 134 Å².